The first kappa shape index (κ1) is 38.6. The van der Waals surface area contributed by atoms with Gasteiger partial charge in [-0.25, -0.2) is 4.98 Å². The van der Waals surface area contributed by atoms with Crippen molar-refractivity contribution in [2.75, 3.05) is 0 Å². The summed E-state index contributed by atoms with van der Waals surface area (Å²) in [7, 11) is 0. The fourth-order valence-corrected chi connectivity index (χ4v) is 9.44. The van der Waals surface area contributed by atoms with Crippen LogP contribution in [0.1, 0.15) is 23.6 Å². The molecule has 1 aromatic heterocycles. The molecule has 0 bridgehead atoms. The second-order valence-electron chi connectivity index (χ2n) is 16.2. The van der Waals surface area contributed by atoms with Crippen molar-refractivity contribution in [1.29, 1.82) is 0 Å². The summed E-state index contributed by atoms with van der Waals surface area (Å²) in [5, 5.41) is 6.16. The highest BCUT2D eigenvalue weighted by atomic mass is 15.1. The minimum Gasteiger partial charge on any atom is -0.292 e. The summed E-state index contributed by atoms with van der Waals surface area (Å²) in [5.41, 5.74) is 15.8. The van der Waals surface area contributed by atoms with Gasteiger partial charge in [0, 0.05) is 22.4 Å². The quantitative estimate of drug-likeness (QED) is 0.142. The Bertz CT molecular complexity index is 3480. The van der Waals surface area contributed by atoms with E-state index in [4.69, 9.17) is 4.98 Å². The fraction of sp³-hybridized carbons (Fsp3) is 0.0161. The standard InChI is InChI=1S/C62H44N2/c1-2-52(44-23-11-4-12-24-44)53-39-40-55-57(42-56(45-25-13-5-14-26-45)54-38-37-50(58(53)59(54)55)41-43-21-9-3-10-22-43)46-33-35-49(36-34-46)62-63-60(47-27-15-6-16-28-47)61(48-29-17-7-18-30-48)64(62)51-31-19-8-20-32-51/h2-42H,1H3/b50-41+,52-2-. The molecule has 11 rings (SSSR count). The van der Waals surface area contributed by atoms with Crippen LogP contribution in [0.15, 0.2) is 243 Å². The highest BCUT2D eigenvalue weighted by Gasteiger charge is 2.23. The van der Waals surface area contributed by atoms with Gasteiger partial charge < -0.3 is 0 Å². The number of para-hydroxylation sites is 1. The van der Waals surface area contributed by atoms with Crippen LogP contribution in [0.5, 0.6) is 0 Å². The van der Waals surface area contributed by atoms with E-state index in [0.717, 1.165) is 45.2 Å². The van der Waals surface area contributed by atoms with Crippen molar-refractivity contribution in [2.45, 2.75) is 6.92 Å². The Kier molecular flexibility index (Phi) is 10.2. The summed E-state index contributed by atoms with van der Waals surface area (Å²) in [5.74, 6) is 0.891. The molecular weight excluding hydrogens is 773 g/mol. The normalized spacial score (nSPS) is 12.0. The van der Waals surface area contributed by atoms with E-state index < -0.39 is 0 Å². The Balaban J connectivity index is 1.16. The molecule has 1 heterocycles. The monoisotopic (exact) mass is 816 g/mol. The van der Waals surface area contributed by atoms with E-state index in [2.05, 4.69) is 260 Å². The minimum atomic E-state index is 0.891. The molecule has 0 radical (unpaired) electrons. The summed E-state index contributed by atoms with van der Waals surface area (Å²) in [6.07, 6.45) is 4.60. The first-order chi connectivity index (χ1) is 31.7. The average Bonchev–Trinajstić information content (AvgIpc) is 3.78. The van der Waals surface area contributed by atoms with Crippen LogP contribution in [0.2, 0.25) is 0 Å². The molecule has 64 heavy (non-hydrogen) atoms. The Labute approximate surface area is 374 Å². The van der Waals surface area contributed by atoms with E-state index in [-0.39, 0.29) is 0 Å². The molecule has 0 N–H and O–H groups in total. The minimum absolute atomic E-state index is 0.891. The van der Waals surface area contributed by atoms with Gasteiger partial charge in [-0.15, -0.1) is 0 Å². The molecular formula is C62H44N2. The molecule has 0 fully saturated rings. The number of hydrogen-bond donors (Lipinski definition) is 0. The zero-order valence-electron chi connectivity index (χ0n) is 35.6. The second-order valence-corrected chi connectivity index (χ2v) is 16.2. The van der Waals surface area contributed by atoms with Crippen molar-refractivity contribution in [3.63, 3.8) is 0 Å². The third-order valence-electron chi connectivity index (χ3n) is 12.4. The van der Waals surface area contributed by atoms with Crippen molar-refractivity contribution >= 4 is 33.2 Å². The summed E-state index contributed by atoms with van der Waals surface area (Å²) >= 11 is 0. The lowest BCUT2D eigenvalue weighted by molar-refractivity contribution is 1.07. The Morgan fingerprint density at radius 2 is 0.938 bits per heavy atom. The van der Waals surface area contributed by atoms with Crippen LogP contribution in [0.3, 0.4) is 0 Å². The predicted molar refractivity (Wildman–Crippen MR) is 270 cm³/mol. The van der Waals surface area contributed by atoms with Gasteiger partial charge in [0.05, 0.1) is 11.4 Å². The molecule has 0 aliphatic rings. The maximum atomic E-state index is 5.50. The number of aromatic nitrogens is 2. The molecule has 0 saturated carbocycles. The van der Waals surface area contributed by atoms with Gasteiger partial charge in [-0.05, 0) is 102 Å². The van der Waals surface area contributed by atoms with Gasteiger partial charge in [0.15, 0.2) is 0 Å². The number of rotatable bonds is 9. The van der Waals surface area contributed by atoms with Crippen LogP contribution in [-0.4, -0.2) is 9.55 Å². The zero-order valence-corrected chi connectivity index (χ0v) is 35.6. The summed E-state index contributed by atoms with van der Waals surface area (Å²) < 4.78 is 2.32. The average molecular weight is 817 g/mol. The lowest BCUT2D eigenvalue weighted by Crippen LogP contribution is -2.07. The molecule has 2 heteroatoms. The van der Waals surface area contributed by atoms with Crippen LogP contribution < -0.4 is 5.22 Å². The second kappa shape index (κ2) is 16.9. The first-order valence-electron chi connectivity index (χ1n) is 22.0. The zero-order chi connectivity index (χ0) is 42.8. The van der Waals surface area contributed by atoms with Crippen LogP contribution in [-0.2, 0) is 0 Å². The molecule has 11 aromatic rings. The van der Waals surface area contributed by atoms with Crippen molar-refractivity contribution in [3.05, 3.63) is 265 Å². The van der Waals surface area contributed by atoms with Crippen LogP contribution in [0.25, 0.3) is 95.0 Å². The summed E-state index contributed by atoms with van der Waals surface area (Å²) in [6.45, 7) is 2.15. The summed E-state index contributed by atoms with van der Waals surface area (Å²) in [4.78, 5) is 5.50. The topological polar surface area (TPSA) is 17.8 Å². The van der Waals surface area contributed by atoms with E-state index in [1.54, 1.807) is 0 Å². The van der Waals surface area contributed by atoms with Gasteiger partial charge in [0.1, 0.15) is 5.82 Å². The summed E-state index contributed by atoms with van der Waals surface area (Å²) in [6, 6.07) is 84.9. The van der Waals surface area contributed by atoms with Gasteiger partial charge in [-0.1, -0.05) is 224 Å². The van der Waals surface area contributed by atoms with Crippen molar-refractivity contribution in [3.8, 4) is 61.8 Å². The lowest BCUT2D eigenvalue weighted by Gasteiger charge is -2.20. The predicted octanol–water partition coefficient (Wildman–Crippen LogP) is 15.5. The number of imidazole rings is 1. The van der Waals surface area contributed by atoms with Crippen molar-refractivity contribution in [2.24, 2.45) is 0 Å². The smallest absolute Gasteiger partial charge is 0.145 e. The Morgan fingerprint density at radius 1 is 0.438 bits per heavy atom. The lowest BCUT2D eigenvalue weighted by atomic mass is 9.83. The molecule has 302 valence electrons. The van der Waals surface area contributed by atoms with Crippen LogP contribution >= 0.6 is 0 Å². The largest absolute Gasteiger partial charge is 0.292 e. The fourth-order valence-electron chi connectivity index (χ4n) is 9.44. The maximum absolute atomic E-state index is 5.50. The van der Waals surface area contributed by atoms with E-state index in [1.165, 1.54) is 65.7 Å². The first-order valence-corrected chi connectivity index (χ1v) is 22.0. The highest BCUT2D eigenvalue weighted by molar-refractivity contribution is 6.22. The molecule has 2 nitrogen and oxygen atoms in total. The van der Waals surface area contributed by atoms with Crippen molar-refractivity contribution in [1.82, 2.24) is 9.55 Å². The van der Waals surface area contributed by atoms with E-state index in [1.807, 2.05) is 0 Å². The molecule has 0 aliphatic carbocycles. The number of nitrogens with zero attached hydrogens (tertiary/aromatic N) is 2. The number of allylic oxidation sites excluding steroid dienone is 1. The molecule has 0 aliphatic heterocycles. The van der Waals surface area contributed by atoms with Gasteiger partial charge in [-0.2, -0.15) is 0 Å². The van der Waals surface area contributed by atoms with Gasteiger partial charge >= 0.3 is 0 Å². The molecule has 0 amide bonds. The van der Waals surface area contributed by atoms with Gasteiger partial charge in [0.2, 0.25) is 0 Å². The third kappa shape index (κ3) is 7.02. The van der Waals surface area contributed by atoms with Crippen LogP contribution in [0, 0.1) is 0 Å². The van der Waals surface area contributed by atoms with E-state index in [9.17, 15) is 0 Å². The molecule has 0 atom stereocenters. The molecule has 10 aromatic carbocycles. The molecule has 0 spiro atoms. The maximum Gasteiger partial charge on any atom is 0.145 e. The number of benzene rings is 10. The van der Waals surface area contributed by atoms with E-state index >= 15 is 0 Å². The van der Waals surface area contributed by atoms with Crippen LogP contribution in [0.4, 0.5) is 0 Å². The van der Waals surface area contributed by atoms with E-state index in [0.29, 0.717) is 0 Å². The molecule has 0 unspecified atom stereocenters. The SMILES string of the molecule is C/C=C(/c1ccccc1)c1ccc2c(-c3ccc(-c4nc(-c5ccccc5)c(-c5ccccc5)n4-c4ccccc4)cc3)cc(-c3ccccc3)c3cc/c(=C\c4ccccc4)c1c23. The van der Waals surface area contributed by atoms with Crippen molar-refractivity contribution < 1.29 is 0 Å². The van der Waals surface area contributed by atoms with Gasteiger partial charge in [-0.3, -0.25) is 4.57 Å². The number of hydrogen-bond acceptors (Lipinski definition) is 1. The molecule has 0 saturated heterocycles. The third-order valence-corrected chi connectivity index (χ3v) is 12.4. The van der Waals surface area contributed by atoms with Gasteiger partial charge in [0.25, 0.3) is 0 Å². The highest BCUT2D eigenvalue weighted by Crippen LogP contribution is 2.44. The Morgan fingerprint density at radius 3 is 1.55 bits per heavy atom. The Hall–Kier alpha value is -8.33.